The zero-order chi connectivity index (χ0) is 32.9. The molecule has 0 saturated heterocycles. The largest absolute Gasteiger partial charge is 0.0836 e. The average molecular weight is 629 g/mol. The Hall–Kier alpha value is -5.46. The van der Waals surface area contributed by atoms with Gasteiger partial charge in [0.05, 0.1) is 0 Å². The van der Waals surface area contributed by atoms with Gasteiger partial charge < -0.3 is 0 Å². The number of fused-ring (bicyclic) bond motifs is 8. The van der Waals surface area contributed by atoms with Gasteiger partial charge in [0, 0.05) is 0 Å². The van der Waals surface area contributed by atoms with E-state index in [0.29, 0.717) is 11.8 Å². The van der Waals surface area contributed by atoms with E-state index in [-0.39, 0.29) is 0 Å². The van der Waals surface area contributed by atoms with E-state index in [1.807, 2.05) is 13.8 Å². The zero-order valence-corrected chi connectivity index (χ0v) is 28.3. The first kappa shape index (κ1) is 29.7. The van der Waals surface area contributed by atoms with Gasteiger partial charge in [-0.3, -0.25) is 0 Å². The fraction of sp³-hybridized carbons (Fsp3) is 0.143. The lowest BCUT2D eigenvalue weighted by Crippen LogP contribution is -2.05. The molecular formula is C49H40. The van der Waals surface area contributed by atoms with E-state index in [1.54, 1.807) is 0 Å². The zero-order valence-electron chi connectivity index (χ0n) is 28.3. The van der Waals surface area contributed by atoms with Crippen LogP contribution in [0.25, 0.3) is 72.5 Å². The lowest BCUT2D eigenvalue weighted by atomic mass is 9.76. The SMILES string of the molecule is C1=Cc2c(c(-c3ccccc3)c3ccccc3c2-c2cccc3c2-c2ccc(-c4cccc(-c5ccccc5)c4)cc2C2CC32)CC1.CC. The second-order valence-corrected chi connectivity index (χ2v) is 13.5. The first-order chi connectivity index (χ1) is 24.3. The van der Waals surface area contributed by atoms with E-state index in [1.165, 1.54) is 95.1 Å². The van der Waals surface area contributed by atoms with E-state index in [9.17, 15) is 0 Å². The minimum atomic E-state index is 0.601. The third-order valence-corrected chi connectivity index (χ3v) is 10.8. The predicted octanol–water partition coefficient (Wildman–Crippen LogP) is 13.7. The maximum absolute atomic E-state index is 2.51. The van der Waals surface area contributed by atoms with Gasteiger partial charge in [-0.1, -0.05) is 166 Å². The highest BCUT2D eigenvalue weighted by molar-refractivity contribution is 6.12. The highest BCUT2D eigenvalue weighted by Crippen LogP contribution is 2.64. The topological polar surface area (TPSA) is 0 Å². The van der Waals surface area contributed by atoms with Crippen LogP contribution in [0.3, 0.4) is 0 Å². The summed E-state index contributed by atoms with van der Waals surface area (Å²) in [6.07, 6.45) is 8.18. The number of rotatable bonds is 4. The van der Waals surface area contributed by atoms with E-state index < -0.39 is 0 Å². The highest BCUT2D eigenvalue weighted by atomic mass is 14.5. The smallest absolute Gasteiger partial charge is 0.00234 e. The molecule has 49 heavy (non-hydrogen) atoms. The number of hydrogen-bond acceptors (Lipinski definition) is 0. The van der Waals surface area contributed by atoms with Gasteiger partial charge in [-0.25, -0.2) is 0 Å². The normalized spacial score (nSPS) is 16.4. The molecule has 7 aromatic rings. The second kappa shape index (κ2) is 12.2. The van der Waals surface area contributed by atoms with Crippen molar-refractivity contribution in [2.24, 2.45) is 0 Å². The molecule has 7 aromatic carbocycles. The van der Waals surface area contributed by atoms with Crippen molar-refractivity contribution >= 4 is 16.8 Å². The van der Waals surface area contributed by atoms with Crippen LogP contribution >= 0.6 is 0 Å². The Kier molecular flexibility index (Phi) is 7.39. The Labute approximate surface area is 290 Å². The molecule has 2 unspecified atom stereocenters. The van der Waals surface area contributed by atoms with Gasteiger partial charge in [0.1, 0.15) is 0 Å². The van der Waals surface area contributed by atoms with Crippen molar-refractivity contribution in [3.05, 3.63) is 174 Å². The van der Waals surface area contributed by atoms with Crippen molar-refractivity contribution in [1.29, 1.82) is 0 Å². The van der Waals surface area contributed by atoms with Gasteiger partial charge in [0.25, 0.3) is 0 Å². The summed E-state index contributed by atoms with van der Waals surface area (Å²) < 4.78 is 0. The van der Waals surface area contributed by atoms with Crippen LogP contribution in [0.5, 0.6) is 0 Å². The van der Waals surface area contributed by atoms with Crippen LogP contribution in [0.2, 0.25) is 0 Å². The van der Waals surface area contributed by atoms with Gasteiger partial charge in [0.2, 0.25) is 0 Å². The fourth-order valence-corrected chi connectivity index (χ4v) is 8.67. The molecule has 0 heterocycles. The summed E-state index contributed by atoms with van der Waals surface area (Å²) in [5, 5.41) is 2.70. The first-order valence-electron chi connectivity index (χ1n) is 18.1. The summed E-state index contributed by atoms with van der Waals surface area (Å²) in [5.41, 5.74) is 19.4. The van der Waals surface area contributed by atoms with Crippen LogP contribution in [-0.4, -0.2) is 0 Å². The first-order valence-corrected chi connectivity index (χ1v) is 18.1. The summed E-state index contributed by atoms with van der Waals surface area (Å²) in [4.78, 5) is 0. The van der Waals surface area contributed by atoms with Crippen molar-refractivity contribution in [1.82, 2.24) is 0 Å². The number of hydrogen-bond donors (Lipinski definition) is 0. The monoisotopic (exact) mass is 628 g/mol. The summed E-state index contributed by atoms with van der Waals surface area (Å²) >= 11 is 0. The van der Waals surface area contributed by atoms with Crippen molar-refractivity contribution in [2.75, 3.05) is 0 Å². The number of allylic oxidation sites excluding steroid dienone is 1. The van der Waals surface area contributed by atoms with E-state index >= 15 is 0 Å². The average Bonchev–Trinajstić information content (AvgIpc) is 4.00. The molecule has 0 aliphatic heterocycles. The van der Waals surface area contributed by atoms with Crippen LogP contribution in [0, 0.1) is 0 Å². The van der Waals surface area contributed by atoms with Crippen molar-refractivity contribution < 1.29 is 0 Å². The van der Waals surface area contributed by atoms with Crippen LogP contribution < -0.4 is 0 Å². The molecule has 0 bridgehead atoms. The second-order valence-electron chi connectivity index (χ2n) is 13.5. The summed E-state index contributed by atoms with van der Waals surface area (Å²) in [7, 11) is 0. The quantitative estimate of drug-likeness (QED) is 0.182. The fourth-order valence-electron chi connectivity index (χ4n) is 8.67. The molecule has 0 nitrogen and oxygen atoms in total. The minimum Gasteiger partial charge on any atom is -0.0836 e. The van der Waals surface area contributed by atoms with Crippen LogP contribution in [0.4, 0.5) is 0 Å². The lowest BCUT2D eigenvalue weighted by Gasteiger charge is -2.28. The molecule has 0 N–H and O–H groups in total. The Balaban J connectivity index is 0.00000160. The summed E-state index contributed by atoms with van der Waals surface area (Å²) in [5.74, 6) is 1.21. The molecule has 3 aliphatic carbocycles. The Morgan fingerprint density at radius 2 is 1.06 bits per heavy atom. The van der Waals surface area contributed by atoms with Gasteiger partial charge in [0.15, 0.2) is 0 Å². The lowest BCUT2D eigenvalue weighted by molar-refractivity contribution is 0.990. The van der Waals surface area contributed by atoms with Gasteiger partial charge >= 0.3 is 0 Å². The predicted molar refractivity (Wildman–Crippen MR) is 210 cm³/mol. The summed E-state index contributed by atoms with van der Waals surface area (Å²) in [6.45, 7) is 4.00. The minimum absolute atomic E-state index is 0.601. The molecule has 0 radical (unpaired) electrons. The van der Waals surface area contributed by atoms with E-state index in [0.717, 1.165) is 12.8 Å². The van der Waals surface area contributed by atoms with Crippen LogP contribution in [-0.2, 0) is 6.42 Å². The van der Waals surface area contributed by atoms with Crippen LogP contribution in [0.1, 0.15) is 60.8 Å². The summed E-state index contributed by atoms with van der Waals surface area (Å²) in [6, 6.07) is 54.3. The molecule has 1 fully saturated rings. The van der Waals surface area contributed by atoms with E-state index in [4.69, 9.17) is 0 Å². The number of benzene rings is 7. The molecule has 0 amide bonds. The van der Waals surface area contributed by atoms with Crippen molar-refractivity contribution in [3.8, 4) is 55.6 Å². The molecule has 1 saturated carbocycles. The Morgan fingerprint density at radius 3 is 1.84 bits per heavy atom. The molecule has 0 spiro atoms. The standard InChI is InChI=1S/C47H34.C2H6/c1-3-13-30(14-4-1)32-17-11-18-33(27-32)34-25-26-40-42(28-34)44-29-43(44)39-23-12-24-41(47(39)40)46-37-21-9-7-19-35(37)45(31-15-5-2-6-16-31)36-20-8-10-22-38(36)46;1-2/h1-7,9-19,21-28,43-44H,8,20,29H2;1-2H3. The van der Waals surface area contributed by atoms with Crippen LogP contribution in [0.15, 0.2) is 152 Å². The van der Waals surface area contributed by atoms with Gasteiger partial charge in [-0.2, -0.15) is 0 Å². The maximum Gasteiger partial charge on any atom is -0.00234 e. The highest BCUT2D eigenvalue weighted by Gasteiger charge is 2.46. The van der Waals surface area contributed by atoms with Gasteiger partial charge in [-0.05, 0) is 126 Å². The van der Waals surface area contributed by atoms with Crippen molar-refractivity contribution in [2.45, 2.75) is 44.9 Å². The van der Waals surface area contributed by atoms with Crippen molar-refractivity contribution in [3.63, 3.8) is 0 Å². The molecule has 0 heteroatoms. The molecule has 3 aliphatic rings. The Morgan fingerprint density at radius 1 is 0.449 bits per heavy atom. The molecular weight excluding hydrogens is 589 g/mol. The molecule has 2 atom stereocenters. The molecule has 0 aromatic heterocycles. The van der Waals surface area contributed by atoms with Gasteiger partial charge in [-0.15, -0.1) is 0 Å². The molecule has 10 rings (SSSR count). The van der Waals surface area contributed by atoms with E-state index in [2.05, 4.69) is 158 Å². The molecule has 236 valence electrons. The third kappa shape index (κ3) is 4.89. The third-order valence-electron chi connectivity index (χ3n) is 10.8. The Bertz CT molecular complexity index is 2370. The maximum atomic E-state index is 2.51.